The highest BCUT2D eigenvalue weighted by Crippen LogP contribution is 2.16. The minimum atomic E-state index is -0.268. The average Bonchev–Trinajstić information content (AvgIpc) is 3.19. The summed E-state index contributed by atoms with van der Waals surface area (Å²) in [5, 5.41) is 0. The molecular weight excluding hydrogens is 693 g/mol. The van der Waals surface area contributed by atoms with Crippen LogP contribution in [0.25, 0.3) is 12.2 Å². The summed E-state index contributed by atoms with van der Waals surface area (Å²) < 4.78 is 13.2. The van der Waals surface area contributed by atoms with Crippen LogP contribution in [0.2, 0.25) is 0 Å². The van der Waals surface area contributed by atoms with Gasteiger partial charge in [0.2, 0.25) is 0 Å². The quantitative estimate of drug-likeness (QED) is 0.0307. The zero-order chi connectivity index (χ0) is 40.7. The summed E-state index contributed by atoms with van der Waals surface area (Å²) in [6.07, 6.45) is 33.0. The molecule has 0 aromatic heterocycles. The number of hydrogen-bond donors (Lipinski definition) is 0. The zero-order valence-electron chi connectivity index (χ0n) is 37.1. The SMILES string of the molecule is CCCCCCCCCCCC[N+](C)(C)CCCOC(=O)c1ccc(/C=C\c2ccc(C(=O)OCCC[N+](C)(C)CCCCCCCCCCCC)cc2)cc1. The highest BCUT2D eigenvalue weighted by molar-refractivity contribution is 5.90. The Hall–Kier alpha value is -2.96. The molecule has 0 saturated heterocycles. The van der Waals surface area contributed by atoms with Gasteiger partial charge >= 0.3 is 11.9 Å². The lowest BCUT2D eigenvalue weighted by Crippen LogP contribution is -2.41. The summed E-state index contributed by atoms with van der Waals surface area (Å²) in [6, 6.07) is 15.0. The second-order valence-corrected chi connectivity index (χ2v) is 17.7. The van der Waals surface area contributed by atoms with E-state index in [1.807, 2.05) is 60.7 Å². The lowest BCUT2D eigenvalue weighted by atomic mass is 10.1. The van der Waals surface area contributed by atoms with Gasteiger partial charge in [0.15, 0.2) is 0 Å². The van der Waals surface area contributed by atoms with Gasteiger partial charge in [0, 0.05) is 12.8 Å². The average molecular weight is 777 g/mol. The van der Waals surface area contributed by atoms with Crippen LogP contribution in [0.3, 0.4) is 0 Å². The molecule has 0 aliphatic carbocycles. The van der Waals surface area contributed by atoms with E-state index in [4.69, 9.17) is 9.47 Å². The first kappa shape index (κ1) is 49.2. The second-order valence-electron chi connectivity index (χ2n) is 17.7. The van der Waals surface area contributed by atoms with Crippen molar-refractivity contribution in [2.24, 2.45) is 0 Å². The standard InChI is InChI=1S/C50H84N2O4/c1-7-9-11-13-15-17-19-21-23-25-39-51(3,4)41-27-43-55-49(53)47-35-31-45(32-36-47)29-30-46-33-37-48(38-34-46)50(54)56-44-28-42-52(5,6)40-26-24-22-20-18-16-14-12-10-8-2/h29-38H,7-28,39-44H2,1-6H3/q+2/b30-29-. The molecule has 0 bridgehead atoms. The normalized spacial score (nSPS) is 12.0. The minimum Gasteiger partial charge on any atom is -0.462 e. The number of quaternary nitrogens is 2. The van der Waals surface area contributed by atoms with Gasteiger partial charge < -0.3 is 18.4 Å². The van der Waals surface area contributed by atoms with Gasteiger partial charge in [0.25, 0.3) is 0 Å². The smallest absolute Gasteiger partial charge is 0.338 e. The van der Waals surface area contributed by atoms with E-state index < -0.39 is 0 Å². The number of rotatable bonds is 34. The van der Waals surface area contributed by atoms with Crippen LogP contribution in [-0.4, -0.2) is 88.5 Å². The van der Waals surface area contributed by atoms with Gasteiger partial charge in [0.05, 0.1) is 78.7 Å². The fourth-order valence-electron chi connectivity index (χ4n) is 7.41. The van der Waals surface area contributed by atoms with Crippen LogP contribution < -0.4 is 0 Å². The first-order valence-electron chi connectivity index (χ1n) is 22.9. The molecule has 2 aromatic carbocycles. The van der Waals surface area contributed by atoms with Crippen molar-refractivity contribution in [2.75, 3.05) is 67.6 Å². The zero-order valence-corrected chi connectivity index (χ0v) is 37.1. The van der Waals surface area contributed by atoms with E-state index in [1.165, 1.54) is 142 Å². The van der Waals surface area contributed by atoms with E-state index in [2.05, 4.69) is 42.0 Å². The van der Waals surface area contributed by atoms with Crippen molar-refractivity contribution in [1.29, 1.82) is 0 Å². The van der Waals surface area contributed by atoms with Gasteiger partial charge in [-0.3, -0.25) is 0 Å². The summed E-state index contributed by atoms with van der Waals surface area (Å²) in [4.78, 5) is 25.3. The van der Waals surface area contributed by atoms with Crippen molar-refractivity contribution >= 4 is 24.1 Å². The number of benzene rings is 2. The van der Waals surface area contributed by atoms with E-state index in [9.17, 15) is 9.59 Å². The molecule has 2 aromatic rings. The molecule has 0 aliphatic rings. The van der Waals surface area contributed by atoms with Gasteiger partial charge in [-0.25, -0.2) is 9.59 Å². The second kappa shape index (κ2) is 30.2. The van der Waals surface area contributed by atoms with Crippen molar-refractivity contribution in [3.63, 3.8) is 0 Å². The van der Waals surface area contributed by atoms with Gasteiger partial charge in [-0.1, -0.05) is 153 Å². The molecule has 6 heteroatoms. The minimum absolute atomic E-state index is 0.268. The van der Waals surface area contributed by atoms with Crippen molar-refractivity contribution in [1.82, 2.24) is 0 Å². The van der Waals surface area contributed by atoms with Gasteiger partial charge in [-0.05, 0) is 61.1 Å². The Labute approximate surface area is 344 Å². The summed E-state index contributed by atoms with van der Waals surface area (Å²) in [7, 11) is 9.14. The third kappa shape index (κ3) is 24.6. The molecule has 316 valence electrons. The van der Waals surface area contributed by atoms with Crippen molar-refractivity contribution in [2.45, 2.75) is 155 Å². The molecule has 0 amide bonds. The molecule has 0 atom stereocenters. The molecular formula is C50H84N2O4+2. The predicted octanol–water partition coefficient (Wildman–Crippen LogP) is 12.9. The third-order valence-electron chi connectivity index (χ3n) is 11.3. The number of carbonyl (C=O) groups is 2. The Morgan fingerprint density at radius 3 is 0.982 bits per heavy atom. The highest BCUT2D eigenvalue weighted by Gasteiger charge is 2.16. The van der Waals surface area contributed by atoms with E-state index >= 15 is 0 Å². The maximum absolute atomic E-state index is 12.7. The fourth-order valence-corrected chi connectivity index (χ4v) is 7.41. The molecule has 0 fully saturated rings. The Morgan fingerprint density at radius 1 is 0.411 bits per heavy atom. The Morgan fingerprint density at radius 2 is 0.679 bits per heavy atom. The topological polar surface area (TPSA) is 52.6 Å². The van der Waals surface area contributed by atoms with Crippen LogP contribution in [0.4, 0.5) is 0 Å². The summed E-state index contributed by atoms with van der Waals surface area (Å²) in [5.74, 6) is -0.537. The van der Waals surface area contributed by atoms with E-state index in [0.29, 0.717) is 24.3 Å². The Kier molecular flexibility index (Phi) is 26.5. The molecule has 0 heterocycles. The largest absolute Gasteiger partial charge is 0.462 e. The Bertz CT molecular complexity index is 1210. The third-order valence-corrected chi connectivity index (χ3v) is 11.3. The first-order chi connectivity index (χ1) is 27.0. The number of ether oxygens (including phenoxy) is 2. The maximum atomic E-state index is 12.7. The molecule has 56 heavy (non-hydrogen) atoms. The van der Waals surface area contributed by atoms with Crippen LogP contribution in [-0.2, 0) is 9.47 Å². The number of esters is 2. The maximum Gasteiger partial charge on any atom is 0.338 e. The van der Waals surface area contributed by atoms with Gasteiger partial charge in [-0.2, -0.15) is 0 Å². The van der Waals surface area contributed by atoms with E-state index in [-0.39, 0.29) is 11.9 Å². The molecule has 0 radical (unpaired) electrons. The lowest BCUT2D eigenvalue weighted by Gasteiger charge is -2.29. The molecule has 0 aliphatic heterocycles. The lowest BCUT2D eigenvalue weighted by molar-refractivity contribution is -0.890. The number of nitrogens with zero attached hydrogens (tertiary/aromatic N) is 2. The van der Waals surface area contributed by atoms with Crippen molar-refractivity contribution < 1.29 is 28.0 Å². The summed E-state index contributed by atoms with van der Waals surface area (Å²) in [5.41, 5.74) is 3.12. The van der Waals surface area contributed by atoms with Gasteiger partial charge in [-0.15, -0.1) is 0 Å². The highest BCUT2D eigenvalue weighted by atomic mass is 16.5. The van der Waals surface area contributed by atoms with Crippen LogP contribution >= 0.6 is 0 Å². The monoisotopic (exact) mass is 777 g/mol. The molecule has 0 spiro atoms. The van der Waals surface area contributed by atoms with Crippen LogP contribution in [0.5, 0.6) is 0 Å². The van der Waals surface area contributed by atoms with Crippen molar-refractivity contribution in [3.8, 4) is 0 Å². The summed E-state index contributed by atoms with van der Waals surface area (Å²) in [6.45, 7) is 9.81. The van der Waals surface area contributed by atoms with Crippen LogP contribution in [0.1, 0.15) is 187 Å². The van der Waals surface area contributed by atoms with E-state index in [1.54, 1.807) is 0 Å². The summed E-state index contributed by atoms with van der Waals surface area (Å²) >= 11 is 0. The molecule has 6 nitrogen and oxygen atoms in total. The molecule has 0 N–H and O–H groups in total. The van der Waals surface area contributed by atoms with Gasteiger partial charge in [0.1, 0.15) is 0 Å². The number of unbranched alkanes of at least 4 members (excludes halogenated alkanes) is 18. The van der Waals surface area contributed by atoms with E-state index in [0.717, 1.165) is 46.0 Å². The predicted molar refractivity (Wildman–Crippen MR) is 239 cm³/mol. The molecule has 0 unspecified atom stereocenters. The van der Waals surface area contributed by atoms with Crippen LogP contribution in [0.15, 0.2) is 48.5 Å². The molecule has 0 saturated carbocycles. The fraction of sp³-hybridized carbons (Fsp3) is 0.680. The number of hydrogen-bond acceptors (Lipinski definition) is 4. The van der Waals surface area contributed by atoms with Crippen molar-refractivity contribution in [3.05, 3.63) is 70.8 Å². The molecule has 2 rings (SSSR count). The van der Waals surface area contributed by atoms with Crippen LogP contribution in [0, 0.1) is 0 Å². The number of carbonyl (C=O) groups excluding carboxylic acids is 2. The first-order valence-corrected chi connectivity index (χ1v) is 22.9. The Balaban J connectivity index is 1.58.